The predicted molar refractivity (Wildman–Crippen MR) is 141 cm³/mol. The number of cyclic esters (lactones) is 1. The number of rotatable bonds is 7. The number of benzene rings is 1. The van der Waals surface area contributed by atoms with Gasteiger partial charge in [-0.15, -0.1) is 0 Å². The zero-order valence-electron chi connectivity index (χ0n) is 20.5. The van der Waals surface area contributed by atoms with Crippen molar-refractivity contribution in [2.75, 3.05) is 87.2 Å². The number of ether oxygens (including phenoxy) is 1. The first-order valence-electron chi connectivity index (χ1n) is 12.2. The molecule has 0 aromatic heterocycles. The SMILES string of the molecule is CN1CC[N+](C)(CC2(O)CCN(c3ccc(N4C[C@H](CNC(=O)CI)OC4=O)cc3F)CC2)CC1. The predicted octanol–water partition coefficient (Wildman–Crippen LogP) is 1.43. The van der Waals surface area contributed by atoms with Crippen molar-refractivity contribution in [2.45, 2.75) is 24.5 Å². The van der Waals surface area contributed by atoms with Gasteiger partial charge in [0.15, 0.2) is 0 Å². The molecule has 194 valence electrons. The van der Waals surface area contributed by atoms with E-state index in [0.29, 0.717) is 41.7 Å². The molecule has 1 aromatic rings. The molecule has 0 aliphatic carbocycles. The maximum Gasteiger partial charge on any atom is 0.414 e. The van der Waals surface area contributed by atoms with Gasteiger partial charge in [0.25, 0.3) is 0 Å². The van der Waals surface area contributed by atoms with Crippen LogP contribution in [0, 0.1) is 5.82 Å². The minimum atomic E-state index is -0.737. The standard InChI is InChI=1S/C24H35FIN5O4/c1-28-9-11-31(2,12-10-28)17-24(34)5-7-29(8-6-24)21-4-3-18(13-20(21)25)30-16-19(35-23(30)33)15-27-22(32)14-26/h3-4,13,19,34H,5-12,14-17H2,1-2H3/p+1/t19-/m0/s1. The van der Waals surface area contributed by atoms with E-state index in [1.165, 1.54) is 11.0 Å². The molecule has 2 amide bonds. The van der Waals surface area contributed by atoms with Gasteiger partial charge in [0, 0.05) is 26.2 Å². The number of piperidine rings is 1. The maximum atomic E-state index is 15.1. The summed E-state index contributed by atoms with van der Waals surface area (Å²) < 4.78 is 21.6. The number of nitrogens with one attached hydrogen (secondary N) is 1. The molecule has 0 radical (unpaired) electrons. The zero-order valence-corrected chi connectivity index (χ0v) is 22.7. The number of anilines is 2. The third-order valence-corrected chi connectivity index (χ3v) is 8.21. The minimum absolute atomic E-state index is 0.122. The smallest absolute Gasteiger partial charge is 0.414 e. The highest BCUT2D eigenvalue weighted by Gasteiger charge is 2.41. The molecule has 1 atom stereocenters. The number of amides is 2. The van der Waals surface area contributed by atoms with Gasteiger partial charge in [-0.3, -0.25) is 14.6 Å². The van der Waals surface area contributed by atoms with Gasteiger partial charge < -0.3 is 24.5 Å². The average Bonchev–Trinajstić information content (AvgIpc) is 3.20. The number of halogens is 2. The molecule has 0 spiro atoms. The first-order valence-corrected chi connectivity index (χ1v) is 13.7. The fourth-order valence-electron chi connectivity index (χ4n) is 5.27. The minimum Gasteiger partial charge on any atom is -0.442 e. The molecule has 0 unspecified atom stereocenters. The second-order valence-electron chi connectivity index (χ2n) is 10.4. The van der Waals surface area contributed by atoms with Gasteiger partial charge in [-0.2, -0.15) is 0 Å². The van der Waals surface area contributed by atoms with Gasteiger partial charge in [0.05, 0.1) is 49.0 Å². The summed E-state index contributed by atoms with van der Waals surface area (Å²) in [7, 11) is 4.36. The summed E-state index contributed by atoms with van der Waals surface area (Å²) in [6.07, 6.45) is 0.179. The average molecular weight is 604 g/mol. The van der Waals surface area contributed by atoms with E-state index in [2.05, 4.69) is 24.3 Å². The Morgan fingerprint density at radius 1 is 1.29 bits per heavy atom. The number of aliphatic hydroxyl groups is 1. The summed E-state index contributed by atoms with van der Waals surface area (Å²) in [5.41, 5.74) is 0.174. The van der Waals surface area contributed by atoms with E-state index in [4.69, 9.17) is 4.74 Å². The summed E-state index contributed by atoms with van der Waals surface area (Å²) in [6, 6.07) is 4.78. The molecule has 9 nitrogen and oxygen atoms in total. The van der Waals surface area contributed by atoms with Crippen LogP contribution in [0.25, 0.3) is 0 Å². The quantitative estimate of drug-likeness (QED) is 0.279. The van der Waals surface area contributed by atoms with Crippen LogP contribution >= 0.6 is 22.6 Å². The number of carbonyl (C=O) groups is 2. The molecule has 35 heavy (non-hydrogen) atoms. The Labute approximate surface area is 219 Å². The normalized spacial score (nSPS) is 24.4. The monoisotopic (exact) mass is 604 g/mol. The lowest BCUT2D eigenvalue weighted by Gasteiger charge is -2.47. The topological polar surface area (TPSA) is 85.3 Å². The molecule has 0 saturated carbocycles. The molecule has 4 rings (SSSR count). The lowest BCUT2D eigenvalue weighted by atomic mass is 9.89. The molecule has 11 heteroatoms. The first kappa shape index (κ1) is 26.4. The lowest BCUT2D eigenvalue weighted by Crippen LogP contribution is -2.63. The van der Waals surface area contributed by atoms with Crippen molar-refractivity contribution in [3.05, 3.63) is 24.0 Å². The second kappa shape index (κ2) is 10.7. The molecule has 1 aromatic carbocycles. The van der Waals surface area contributed by atoms with Crippen LogP contribution in [0.1, 0.15) is 12.8 Å². The highest BCUT2D eigenvalue weighted by molar-refractivity contribution is 14.1. The van der Waals surface area contributed by atoms with Crippen LogP contribution < -0.4 is 15.1 Å². The van der Waals surface area contributed by atoms with Crippen LogP contribution in [0.4, 0.5) is 20.6 Å². The van der Waals surface area contributed by atoms with Gasteiger partial charge in [0.2, 0.25) is 5.91 Å². The van der Waals surface area contributed by atoms with E-state index in [1.807, 2.05) is 27.5 Å². The van der Waals surface area contributed by atoms with Crippen molar-refractivity contribution in [1.82, 2.24) is 10.2 Å². The van der Waals surface area contributed by atoms with E-state index >= 15 is 4.39 Å². The van der Waals surface area contributed by atoms with E-state index in [0.717, 1.165) is 37.2 Å². The Hall–Kier alpha value is -1.70. The lowest BCUT2D eigenvalue weighted by molar-refractivity contribution is -0.919. The second-order valence-corrected chi connectivity index (χ2v) is 11.2. The molecule has 2 N–H and O–H groups in total. The summed E-state index contributed by atoms with van der Waals surface area (Å²) in [6.45, 7) is 6.51. The molecular weight excluding hydrogens is 568 g/mol. The number of hydrogen-bond acceptors (Lipinski definition) is 6. The molecule has 3 aliphatic rings. The number of carbonyl (C=O) groups excluding carboxylic acids is 2. The molecule has 3 aliphatic heterocycles. The molecular formula is C24H36FIN5O4+. The third-order valence-electron chi connectivity index (χ3n) is 7.52. The van der Waals surface area contributed by atoms with Crippen molar-refractivity contribution in [2.24, 2.45) is 0 Å². The van der Waals surface area contributed by atoms with Crippen LogP contribution in [-0.2, 0) is 9.53 Å². The number of nitrogens with zero attached hydrogens (tertiary/aromatic N) is 4. The van der Waals surface area contributed by atoms with Gasteiger partial charge in [0.1, 0.15) is 24.1 Å². The van der Waals surface area contributed by atoms with Crippen molar-refractivity contribution in [3.63, 3.8) is 0 Å². The van der Waals surface area contributed by atoms with Crippen LogP contribution in [0.5, 0.6) is 0 Å². The fourth-order valence-corrected chi connectivity index (χ4v) is 5.54. The molecule has 3 saturated heterocycles. The molecule has 0 bridgehead atoms. The Kier molecular flexibility index (Phi) is 8.08. The number of quaternary nitrogens is 1. The number of piperazine rings is 1. The fraction of sp³-hybridized carbons (Fsp3) is 0.667. The highest BCUT2D eigenvalue weighted by Crippen LogP contribution is 2.33. The largest absolute Gasteiger partial charge is 0.442 e. The first-order chi connectivity index (χ1) is 16.6. The van der Waals surface area contributed by atoms with Crippen molar-refractivity contribution < 1.29 is 28.3 Å². The Balaban J connectivity index is 1.34. The Bertz CT molecular complexity index is 934. The van der Waals surface area contributed by atoms with Crippen molar-refractivity contribution in [3.8, 4) is 0 Å². The number of alkyl halides is 1. The van der Waals surface area contributed by atoms with Crippen LogP contribution in [0.3, 0.4) is 0 Å². The molecule has 3 fully saturated rings. The Morgan fingerprint density at radius 3 is 2.60 bits per heavy atom. The van der Waals surface area contributed by atoms with E-state index < -0.39 is 23.6 Å². The van der Waals surface area contributed by atoms with Gasteiger partial charge in [-0.05, 0) is 38.1 Å². The number of hydrogen-bond donors (Lipinski definition) is 2. The van der Waals surface area contributed by atoms with Gasteiger partial charge >= 0.3 is 6.09 Å². The van der Waals surface area contributed by atoms with Crippen molar-refractivity contribution >= 4 is 46.0 Å². The van der Waals surface area contributed by atoms with Crippen molar-refractivity contribution in [1.29, 1.82) is 0 Å². The van der Waals surface area contributed by atoms with Gasteiger partial charge in [-0.1, -0.05) is 22.6 Å². The summed E-state index contributed by atoms with van der Waals surface area (Å²) >= 11 is 1.97. The highest BCUT2D eigenvalue weighted by atomic mass is 127. The van der Waals surface area contributed by atoms with E-state index in [9.17, 15) is 14.7 Å². The van der Waals surface area contributed by atoms with Crippen LogP contribution in [0.15, 0.2) is 18.2 Å². The maximum absolute atomic E-state index is 15.1. The van der Waals surface area contributed by atoms with Crippen LogP contribution in [-0.4, -0.2) is 116 Å². The third kappa shape index (κ3) is 6.36. The zero-order chi connectivity index (χ0) is 25.2. The van der Waals surface area contributed by atoms with Gasteiger partial charge in [-0.25, -0.2) is 9.18 Å². The van der Waals surface area contributed by atoms with E-state index in [-0.39, 0.29) is 19.0 Å². The Morgan fingerprint density at radius 2 is 1.97 bits per heavy atom. The molecule has 3 heterocycles. The summed E-state index contributed by atoms with van der Waals surface area (Å²) in [4.78, 5) is 29.4. The summed E-state index contributed by atoms with van der Waals surface area (Å²) in [5, 5.41) is 14.0. The number of likely N-dealkylation sites (N-methyl/N-ethyl adjacent to an activating group) is 2. The summed E-state index contributed by atoms with van der Waals surface area (Å²) in [5.74, 6) is -0.524. The van der Waals surface area contributed by atoms with Crippen LogP contribution in [0.2, 0.25) is 0 Å². The van der Waals surface area contributed by atoms with E-state index in [1.54, 1.807) is 12.1 Å².